The highest BCUT2D eigenvalue weighted by atomic mass is 16.1. The smallest absolute Gasteiger partial charge is 0.163 e. The van der Waals surface area contributed by atoms with Crippen LogP contribution in [0.4, 0.5) is 0 Å². The lowest BCUT2D eigenvalue weighted by atomic mass is 9.84. The molecule has 0 aliphatic carbocycles. The van der Waals surface area contributed by atoms with Gasteiger partial charge in [-0.25, -0.2) is 0 Å². The maximum absolute atomic E-state index is 12.7. The number of hydrogen-bond donors (Lipinski definition) is 0. The van der Waals surface area contributed by atoms with E-state index in [1.807, 2.05) is 60.7 Å². The first-order valence-corrected chi connectivity index (χ1v) is 7.94. The largest absolute Gasteiger partial charge is 0.294 e. The molecule has 0 fully saturated rings. The minimum atomic E-state index is 0.0881. The molecule has 0 aliphatic rings. The fourth-order valence-corrected chi connectivity index (χ4v) is 3.00. The third-order valence-corrected chi connectivity index (χ3v) is 4.25. The van der Waals surface area contributed by atoms with E-state index in [1.165, 1.54) is 16.7 Å². The molecule has 0 saturated heterocycles. The van der Waals surface area contributed by atoms with Crippen LogP contribution in [0, 0.1) is 6.92 Å². The summed E-state index contributed by atoms with van der Waals surface area (Å²) in [4.78, 5) is 12.7. The molecule has 0 amide bonds. The predicted molar refractivity (Wildman–Crippen MR) is 94.9 cm³/mol. The molecule has 3 aromatic rings. The van der Waals surface area contributed by atoms with Crippen LogP contribution in [0.25, 0.3) is 0 Å². The fourth-order valence-electron chi connectivity index (χ4n) is 3.00. The molecule has 3 rings (SSSR count). The van der Waals surface area contributed by atoms with Crippen molar-refractivity contribution in [2.75, 3.05) is 0 Å². The van der Waals surface area contributed by atoms with Crippen molar-refractivity contribution in [1.29, 1.82) is 0 Å². The first-order chi connectivity index (χ1) is 11.3. The van der Waals surface area contributed by atoms with Crippen LogP contribution in [0.1, 0.15) is 39.4 Å². The maximum Gasteiger partial charge on any atom is 0.163 e. The lowest BCUT2D eigenvalue weighted by Gasteiger charge is -2.19. The van der Waals surface area contributed by atoms with Gasteiger partial charge in [-0.1, -0.05) is 84.9 Å². The standard InChI is InChI=1S/C22H20O/c1-17-10-8-9-15-20(17)21(18-11-4-2-5-12-18)16-22(23)19-13-6-3-7-14-19/h2-15,21H,16H2,1H3/t21-/m1/s1. The van der Waals surface area contributed by atoms with E-state index in [4.69, 9.17) is 0 Å². The van der Waals surface area contributed by atoms with Crippen molar-refractivity contribution < 1.29 is 4.79 Å². The molecule has 0 unspecified atom stereocenters. The Morgan fingerprint density at radius 1 is 0.783 bits per heavy atom. The van der Waals surface area contributed by atoms with E-state index in [9.17, 15) is 4.79 Å². The molecular formula is C22H20O. The third-order valence-electron chi connectivity index (χ3n) is 4.25. The molecule has 3 aromatic carbocycles. The van der Waals surface area contributed by atoms with Crippen molar-refractivity contribution in [3.05, 3.63) is 107 Å². The van der Waals surface area contributed by atoms with Crippen LogP contribution in [0.2, 0.25) is 0 Å². The van der Waals surface area contributed by atoms with Crippen LogP contribution in [-0.4, -0.2) is 5.78 Å². The summed E-state index contributed by atoms with van der Waals surface area (Å²) in [5, 5.41) is 0. The van der Waals surface area contributed by atoms with Crippen LogP contribution in [0.5, 0.6) is 0 Å². The van der Waals surface area contributed by atoms with Crippen LogP contribution < -0.4 is 0 Å². The summed E-state index contributed by atoms with van der Waals surface area (Å²) >= 11 is 0. The summed E-state index contributed by atoms with van der Waals surface area (Å²) in [7, 11) is 0. The Balaban J connectivity index is 1.97. The Hall–Kier alpha value is -2.67. The molecule has 1 atom stereocenters. The average molecular weight is 300 g/mol. The van der Waals surface area contributed by atoms with Gasteiger partial charge in [-0.2, -0.15) is 0 Å². The zero-order valence-corrected chi connectivity index (χ0v) is 13.3. The van der Waals surface area contributed by atoms with Gasteiger partial charge in [0.15, 0.2) is 5.78 Å². The SMILES string of the molecule is Cc1ccccc1[C@H](CC(=O)c1ccccc1)c1ccccc1. The summed E-state index contributed by atoms with van der Waals surface area (Å²) in [6.45, 7) is 2.11. The summed E-state index contributed by atoms with van der Waals surface area (Å²) in [6, 6.07) is 28.2. The third kappa shape index (κ3) is 3.57. The molecule has 0 aliphatic heterocycles. The first kappa shape index (κ1) is 15.2. The number of hydrogen-bond acceptors (Lipinski definition) is 1. The molecule has 1 nitrogen and oxygen atoms in total. The van der Waals surface area contributed by atoms with Crippen LogP contribution >= 0.6 is 0 Å². The maximum atomic E-state index is 12.7. The summed E-state index contributed by atoms with van der Waals surface area (Å²) < 4.78 is 0. The highest BCUT2D eigenvalue weighted by molar-refractivity contribution is 5.96. The van der Waals surface area contributed by atoms with E-state index >= 15 is 0 Å². The molecule has 0 N–H and O–H groups in total. The van der Waals surface area contributed by atoms with Crippen molar-refractivity contribution in [2.24, 2.45) is 0 Å². The number of carbonyl (C=O) groups is 1. The second-order valence-electron chi connectivity index (χ2n) is 5.81. The van der Waals surface area contributed by atoms with Gasteiger partial charge >= 0.3 is 0 Å². The Bertz CT molecular complexity index is 775. The summed E-state index contributed by atoms with van der Waals surface area (Å²) in [6.07, 6.45) is 0.485. The lowest BCUT2D eigenvalue weighted by Crippen LogP contribution is -2.10. The van der Waals surface area contributed by atoms with Gasteiger partial charge in [0.2, 0.25) is 0 Å². The molecule has 0 heterocycles. The van der Waals surface area contributed by atoms with Gasteiger partial charge in [-0.3, -0.25) is 4.79 Å². The Morgan fingerprint density at radius 3 is 2.00 bits per heavy atom. The highest BCUT2D eigenvalue weighted by Crippen LogP contribution is 2.31. The van der Waals surface area contributed by atoms with E-state index in [0.29, 0.717) is 6.42 Å². The highest BCUT2D eigenvalue weighted by Gasteiger charge is 2.20. The zero-order valence-electron chi connectivity index (χ0n) is 13.3. The van der Waals surface area contributed by atoms with Crippen molar-refractivity contribution in [2.45, 2.75) is 19.3 Å². The molecule has 114 valence electrons. The minimum absolute atomic E-state index is 0.0881. The van der Waals surface area contributed by atoms with Gasteiger partial charge in [0.1, 0.15) is 0 Å². The van der Waals surface area contributed by atoms with E-state index in [1.54, 1.807) is 0 Å². The first-order valence-electron chi connectivity index (χ1n) is 7.94. The summed E-state index contributed by atoms with van der Waals surface area (Å²) in [5.74, 6) is 0.271. The molecule has 0 aromatic heterocycles. The number of carbonyl (C=O) groups excluding carboxylic acids is 1. The number of aryl methyl sites for hydroxylation is 1. The van der Waals surface area contributed by atoms with Crippen LogP contribution in [-0.2, 0) is 0 Å². The topological polar surface area (TPSA) is 17.1 Å². The molecule has 0 radical (unpaired) electrons. The van der Waals surface area contributed by atoms with Crippen molar-refractivity contribution in [3.8, 4) is 0 Å². The van der Waals surface area contributed by atoms with Crippen molar-refractivity contribution in [1.82, 2.24) is 0 Å². The molecular weight excluding hydrogens is 280 g/mol. The van der Waals surface area contributed by atoms with Crippen molar-refractivity contribution >= 4 is 5.78 Å². The summed E-state index contributed by atoms with van der Waals surface area (Å²) in [5.41, 5.74) is 4.42. The normalized spacial score (nSPS) is 11.9. The predicted octanol–water partition coefficient (Wildman–Crippen LogP) is 5.40. The molecule has 1 heteroatoms. The molecule has 0 spiro atoms. The van der Waals surface area contributed by atoms with Gasteiger partial charge in [0.25, 0.3) is 0 Å². The van der Waals surface area contributed by atoms with E-state index in [2.05, 4.69) is 31.2 Å². The lowest BCUT2D eigenvalue weighted by molar-refractivity contribution is 0.0977. The van der Waals surface area contributed by atoms with Gasteiger partial charge in [-0.15, -0.1) is 0 Å². The Labute approximate surface area is 137 Å². The van der Waals surface area contributed by atoms with Gasteiger partial charge in [-0.05, 0) is 23.6 Å². The average Bonchev–Trinajstić information content (AvgIpc) is 2.62. The van der Waals surface area contributed by atoms with Gasteiger partial charge < -0.3 is 0 Å². The van der Waals surface area contributed by atoms with E-state index < -0.39 is 0 Å². The van der Waals surface area contributed by atoms with Gasteiger partial charge in [0, 0.05) is 17.9 Å². The number of rotatable bonds is 5. The monoisotopic (exact) mass is 300 g/mol. The Morgan fingerprint density at radius 2 is 1.35 bits per heavy atom. The minimum Gasteiger partial charge on any atom is -0.294 e. The second-order valence-corrected chi connectivity index (χ2v) is 5.81. The Kier molecular flexibility index (Phi) is 4.68. The molecule has 0 bridgehead atoms. The van der Waals surface area contributed by atoms with E-state index in [-0.39, 0.29) is 11.7 Å². The number of benzene rings is 3. The number of Topliss-reactive ketones (excluding diaryl/α,β-unsaturated/α-hetero) is 1. The van der Waals surface area contributed by atoms with Gasteiger partial charge in [0.05, 0.1) is 0 Å². The quantitative estimate of drug-likeness (QED) is 0.577. The fraction of sp³-hybridized carbons (Fsp3) is 0.136. The van der Waals surface area contributed by atoms with Crippen LogP contribution in [0.3, 0.4) is 0 Å². The second kappa shape index (κ2) is 7.06. The van der Waals surface area contributed by atoms with Crippen molar-refractivity contribution in [3.63, 3.8) is 0 Å². The molecule has 23 heavy (non-hydrogen) atoms. The van der Waals surface area contributed by atoms with Crippen LogP contribution in [0.15, 0.2) is 84.9 Å². The molecule has 0 saturated carbocycles. The number of ketones is 1. The zero-order chi connectivity index (χ0) is 16.1. The van der Waals surface area contributed by atoms with E-state index in [0.717, 1.165) is 5.56 Å².